The van der Waals surface area contributed by atoms with E-state index in [0.717, 1.165) is 24.0 Å². The number of halogens is 1. The number of nitrogens with one attached hydrogen (secondary N) is 1. The van der Waals surface area contributed by atoms with Crippen LogP contribution in [0.25, 0.3) is 0 Å². The van der Waals surface area contributed by atoms with Gasteiger partial charge >= 0.3 is 0 Å². The van der Waals surface area contributed by atoms with Crippen molar-refractivity contribution in [1.29, 1.82) is 0 Å². The Balaban J connectivity index is 2.39. The highest BCUT2D eigenvalue weighted by Crippen LogP contribution is 2.21. The van der Waals surface area contributed by atoms with Gasteiger partial charge in [0.25, 0.3) is 0 Å². The summed E-state index contributed by atoms with van der Waals surface area (Å²) in [6.07, 6.45) is 2.41. The van der Waals surface area contributed by atoms with Gasteiger partial charge in [0.15, 0.2) is 0 Å². The Morgan fingerprint density at radius 2 is 1.69 bits per heavy atom. The summed E-state index contributed by atoms with van der Waals surface area (Å²) in [5.74, 6) is -0.160. The molecule has 2 aromatic carbocycles. The van der Waals surface area contributed by atoms with Crippen LogP contribution < -0.4 is 5.32 Å². The molecule has 4 nitrogen and oxygen atoms in total. The predicted octanol–water partition coefficient (Wildman–Crippen LogP) is 4.99. The maximum atomic E-state index is 13.2. The van der Waals surface area contributed by atoms with Gasteiger partial charge in [0.2, 0.25) is 11.8 Å². The molecule has 0 aliphatic carbocycles. The van der Waals surface area contributed by atoms with Gasteiger partial charge in [-0.15, -0.1) is 0 Å². The second kappa shape index (κ2) is 11.6. The van der Waals surface area contributed by atoms with Crippen molar-refractivity contribution in [2.45, 2.75) is 65.1 Å². The summed E-state index contributed by atoms with van der Waals surface area (Å²) >= 11 is 6.36. The van der Waals surface area contributed by atoms with Crippen LogP contribution in [0, 0.1) is 0 Å². The third-order valence-electron chi connectivity index (χ3n) is 5.03. The van der Waals surface area contributed by atoms with Crippen LogP contribution in [0.15, 0.2) is 54.6 Å². The molecule has 0 aliphatic rings. The van der Waals surface area contributed by atoms with E-state index in [1.165, 1.54) is 0 Å². The molecule has 1 N–H and O–H groups in total. The van der Waals surface area contributed by atoms with Crippen LogP contribution in [-0.2, 0) is 22.6 Å². The third-order valence-corrected chi connectivity index (χ3v) is 5.40. The number of benzene rings is 2. The van der Waals surface area contributed by atoms with Crippen LogP contribution >= 0.6 is 11.6 Å². The maximum Gasteiger partial charge on any atom is 0.243 e. The minimum atomic E-state index is -0.596. The van der Waals surface area contributed by atoms with Crippen molar-refractivity contribution < 1.29 is 9.59 Å². The van der Waals surface area contributed by atoms with Gasteiger partial charge in [-0.05, 0) is 37.0 Å². The SMILES string of the molecule is CCCC(=O)N(Cc1ccccc1Cl)[C@H](Cc1ccccc1)C(=O)N[C@H](C)CC. The molecule has 0 aliphatic heterocycles. The Morgan fingerprint density at radius 3 is 2.31 bits per heavy atom. The first-order valence-electron chi connectivity index (χ1n) is 10.3. The minimum absolute atomic E-state index is 0.0346. The number of hydrogen-bond donors (Lipinski definition) is 1. The number of nitrogens with zero attached hydrogens (tertiary/aromatic N) is 1. The van der Waals surface area contributed by atoms with E-state index >= 15 is 0 Å². The molecule has 0 saturated carbocycles. The van der Waals surface area contributed by atoms with Crippen molar-refractivity contribution >= 4 is 23.4 Å². The van der Waals surface area contributed by atoms with Gasteiger partial charge in [-0.3, -0.25) is 9.59 Å². The van der Waals surface area contributed by atoms with Gasteiger partial charge < -0.3 is 10.2 Å². The van der Waals surface area contributed by atoms with Gasteiger partial charge in [0.1, 0.15) is 6.04 Å². The Bertz CT molecular complexity index is 794. The number of carbonyl (C=O) groups excluding carboxylic acids is 2. The Labute approximate surface area is 179 Å². The molecule has 0 aromatic heterocycles. The van der Waals surface area contributed by atoms with Crippen LogP contribution in [0.2, 0.25) is 5.02 Å². The van der Waals surface area contributed by atoms with E-state index in [1.54, 1.807) is 4.90 Å². The van der Waals surface area contributed by atoms with Crippen LogP contribution in [0.5, 0.6) is 0 Å². The van der Waals surface area contributed by atoms with Crippen molar-refractivity contribution in [3.8, 4) is 0 Å². The van der Waals surface area contributed by atoms with Gasteiger partial charge in [0.05, 0.1) is 0 Å². The normalized spacial score (nSPS) is 12.8. The van der Waals surface area contributed by atoms with Crippen molar-refractivity contribution in [3.63, 3.8) is 0 Å². The van der Waals surface area contributed by atoms with Crippen LogP contribution in [0.1, 0.15) is 51.2 Å². The molecule has 0 radical (unpaired) electrons. The third kappa shape index (κ3) is 6.90. The standard InChI is InChI=1S/C24H31ClN2O2/c1-4-11-23(28)27(17-20-14-9-10-15-21(20)25)22(24(29)26-18(3)5-2)16-19-12-7-6-8-13-19/h6-10,12-15,18,22H,4-5,11,16-17H2,1-3H3,(H,26,29)/t18-,22-/m1/s1. The van der Waals surface area contributed by atoms with E-state index in [4.69, 9.17) is 11.6 Å². The average molecular weight is 415 g/mol. The molecule has 0 fully saturated rings. The molecule has 5 heteroatoms. The lowest BCUT2D eigenvalue weighted by Gasteiger charge is -2.32. The van der Waals surface area contributed by atoms with Crippen LogP contribution in [0.4, 0.5) is 0 Å². The number of carbonyl (C=O) groups is 2. The van der Waals surface area contributed by atoms with Crippen LogP contribution in [-0.4, -0.2) is 28.8 Å². The maximum absolute atomic E-state index is 13.2. The van der Waals surface area contributed by atoms with Gasteiger partial charge in [0, 0.05) is 30.5 Å². The van der Waals surface area contributed by atoms with E-state index in [1.807, 2.05) is 75.4 Å². The first-order chi connectivity index (χ1) is 14.0. The van der Waals surface area contributed by atoms with Crippen molar-refractivity contribution in [3.05, 3.63) is 70.7 Å². The van der Waals surface area contributed by atoms with E-state index in [9.17, 15) is 9.59 Å². The van der Waals surface area contributed by atoms with Crippen molar-refractivity contribution in [2.24, 2.45) is 0 Å². The summed E-state index contributed by atoms with van der Waals surface area (Å²) in [5, 5.41) is 3.66. The van der Waals surface area contributed by atoms with E-state index < -0.39 is 6.04 Å². The second-order valence-corrected chi connectivity index (χ2v) is 7.79. The topological polar surface area (TPSA) is 49.4 Å². The number of rotatable bonds is 10. The van der Waals surface area contributed by atoms with Gasteiger partial charge in [-0.2, -0.15) is 0 Å². The lowest BCUT2D eigenvalue weighted by Crippen LogP contribution is -2.52. The lowest BCUT2D eigenvalue weighted by atomic mass is 10.0. The Morgan fingerprint density at radius 1 is 1.03 bits per heavy atom. The molecule has 0 unspecified atom stereocenters. The monoisotopic (exact) mass is 414 g/mol. The Kier molecular flexibility index (Phi) is 9.20. The zero-order valence-corrected chi connectivity index (χ0v) is 18.3. The van der Waals surface area contributed by atoms with Crippen molar-refractivity contribution in [1.82, 2.24) is 10.2 Å². The molecule has 2 amide bonds. The zero-order valence-electron chi connectivity index (χ0n) is 17.5. The molecular weight excluding hydrogens is 384 g/mol. The quantitative estimate of drug-likeness (QED) is 0.595. The van der Waals surface area contributed by atoms with Gasteiger partial charge in [-0.1, -0.05) is 74.0 Å². The molecule has 156 valence electrons. The molecular formula is C24H31ClN2O2. The highest BCUT2D eigenvalue weighted by Gasteiger charge is 2.30. The largest absolute Gasteiger partial charge is 0.352 e. The summed E-state index contributed by atoms with van der Waals surface area (Å²) < 4.78 is 0. The molecule has 0 saturated heterocycles. The number of amides is 2. The summed E-state index contributed by atoms with van der Waals surface area (Å²) in [5.41, 5.74) is 1.86. The van der Waals surface area contributed by atoms with E-state index in [2.05, 4.69) is 5.32 Å². The molecule has 2 rings (SSSR count). The first-order valence-corrected chi connectivity index (χ1v) is 10.7. The highest BCUT2D eigenvalue weighted by molar-refractivity contribution is 6.31. The fourth-order valence-corrected chi connectivity index (χ4v) is 3.36. The molecule has 0 heterocycles. The van der Waals surface area contributed by atoms with E-state index in [-0.39, 0.29) is 17.9 Å². The second-order valence-electron chi connectivity index (χ2n) is 7.39. The molecule has 2 aromatic rings. The summed E-state index contributed by atoms with van der Waals surface area (Å²) in [7, 11) is 0. The average Bonchev–Trinajstić information content (AvgIpc) is 2.72. The van der Waals surface area contributed by atoms with Crippen molar-refractivity contribution in [2.75, 3.05) is 0 Å². The summed E-state index contributed by atoms with van der Waals surface area (Å²) in [6, 6.07) is 16.7. The fraction of sp³-hybridized carbons (Fsp3) is 0.417. The lowest BCUT2D eigenvalue weighted by molar-refractivity contribution is -0.141. The smallest absolute Gasteiger partial charge is 0.243 e. The molecule has 0 bridgehead atoms. The molecule has 2 atom stereocenters. The first kappa shape index (κ1) is 23.0. The van der Waals surface area contributed by atoms with E-state index in [0.29, 0.717) is 24.4 Å². The fourth-order valence-electron chi connectivity index (χ4n) is 3.16. The number of hydrogen-bond acceptors (Lipinski definition) is 2. The predicted molar refractivity (Wildman–Crippen MR) is 119 cm³/mol. The minimum Gasteiger partial charge on any atom is -0.352 e. The van der Waals surface area contributed by atoms with Crippen LogP contribution in [0.3, 0.4) is 0 Å². The molecule has 29 heavy (non-hydrogen) atoms. The summed E-state index contributed by atoms with van der Waals surface area (Å²) in [6.45, 7) is 6.28. The molecule has 0 spiro atoms. The zero-order chi connectivity index (χ0) is 21.2. The Hall–Kier alpha value is -2.33. The van der Waals surface area contributed by atoms with Gasteiger partial charge in [-0.25, -0.2) is 0 Å². The summed E-state index contributed by atoms with van der Waals surface area (Å²) in [4.78, 5) is 27.9. The highest BCUT2D eigenvalue weighted by atomic mass is 35.5.